The van der Waals surface area contributed by atoms with Gasteiger partial charge in [0.1, 0.15) is 0 Å². The molecule has 0 N–H and O–H groups in total. The Kier molecular flexibility index (Phi) is 2.16. The Morgan fingerprint density at radius 2 is 1.67 bits per heavy atom. The Morgan fingerprint density at radius 3 is 2.13 bits per heavy atom. The van der Waals surface area contributed by atoms with Crippen LogP contribution in [-0.2, 0) is 4.74 Å². The molecule has 2 saturated carbocycles. The predicted octanol–water partition coefficient (Wildman–Crippen LogP) is 2.29. The third kappa shape index (κ3) is 1.18. The maximum absolute atomic E-state index is 5.49. The van der Waals surface area contributed by atoms with E-state index in [-0.39, 0.29) is 0 Å². The fourth-order valence-electron chi connectivity index (χ4n) is 4.56. The van der Waals surface area contributed by atoms with Crippen LogP contribution < -0.4 is 0 Å². The van der Waals surface area contributed by atoms with Crippen molar-refractivity contribution < 1.29 is 4.74 Å². The third-order valence-corrected chi connectivity index (χ3v) is 5.65. The zero-order chi connectivity index (χ0) is 10.5. The normalized spacial score (nSPS) is 44.8. The molecule has 1 aliphatic heterocycles. The van der Waals surface area contributed by atoms with Crippen LogP contribution in [0.5, 0.6) is 0 Å². The summed E-state index contributed by atoms with van der Waals surface area (Å²) in [6.45, 7) is 9.23. The SMILES string of the molecule is CC1(C)C2CCC1(N1CCOCC1)CC2. The standard InChI is InChI=1S/C13H23NO/c1-12(2)11-3-5-13(12,6-4-11)14-7-9-15-10-8-14/h11H,3-10H2,1-2H3. The second-order valence-electron chi connectivity index (χ2n) is 6.13. The van der Waals surface area contributed by atoms with Crippen molar-refractivity contribution in [3.63, 3.8) is 0 Å². The van der Waals surface area contributed by atoms with E-state index in [1.165, 1.54) is 25.7 Å². The second-order valence-corrected chi connectivity index (χ2v) is 6.13. The van der Waals surface area contributed by atoms with Gasteiger partial charge >= 0.3 is 0 Å². The van der Waals surface area contributed by atoms with Crippen molar-refractivity contribution >= 4 is 0 Å². The summed E-state index contributed by atoms with van der Waals surface area (Å²) in [5, 5.41) is 0. The van der Waals surface area contributed by atoms with Crippen LogP contribution in [0.4, 0.5) is 0 Å². The first-order valence-electron chi connectivity index (χ1n) is 6.50. The summed E-state index contributed by atoms with van der Waals surface area (Å²) in [5.41, 5.74) is 1.08. The molecule has 2 bridgehead atoms. The summed E-state index contributed by atoms with van der Waals surface area (Å²) in [6.07, 6.45) is 5.80. The highest BCUT2D eigenvalue weighted by Gasteiger charge is 2.61. The average molecular weight is 209 g/mol. The van der Waals surface area contributed by atoms with Crippen molar-refractivity contribution in [2.45, 2.75) is 45.1 Å². The van der Waals surface area contributed by atoms with Crippen molar-refractivity contribution in [1.29, 1.82) is 0 Å². The third-order valence-electron chi connectivity index (χ3n) is 5.65. The summed E-state index contributed by atoms with van der Waals surface area (Å²) in [7, 11) is 0. The lowest BCUT2D eigenvalue weighted by Crippen LogP contribution is -2.57. The molecule has 2 heteroatoms. The molecule has 0 amide bonds. The highest BCUT2D eigenvalue weighted by atomic mass is 16.5. The van der Waals surface area contributed by atoms with Gasteiger partial charge in [0.15, 0.2) is 0 Å². The van der Waals surface area contributed by atoms with E-state index in [1.807, 2.05) is 0 Å². The number of fused-ring (bicyclic) bond motifs is 2. The van der Waals surface area contributed by atoms with Gasteiger partial charge in [-0.1, -0.05) is 13.8 Å². The molecule has 3 rings (SSSR count). The topological polar surface area (TPSA) is 12.5 Å². The van der Waals surface area contributed by atoms with Gasteiger partial charge < -0.3 is 4.74 Å². The largest absolute Gasteiger partial charge is 0.379 e. The summed E-state index contributed by atoms with van der Waals surface area (Å²) in [6, 6.07) is 0. The minimum Gasteiger partial charge on any atom is -0.379 e. The summed E-state index contributed by atoms with van der Waals surface area (Å²) >= 11 is 0. The van der Waals surface area contributed by atoms with E-state index in [4.69, 9.17) is 4.74 Å². The molecule has 2 nitrogen and oxygen atoms in total. The molecule has 0 radical (unpaired) electrons. The van der Waals surface area contributed by atoms with E-state index >= 15 is 0 Å². The highest BCUT2D eigenvalue weighted by Crippen LogP contribution is 2.62. The molecule has 0 atom stereocenters. The average Bonchev–Trinajstić information content (AvgIpc) is 2.68. The Bertz CT molecular complexity index is 247. The number of nitrogens with zero attached hydrogens (tertiary/aromatic N) is 1. The van der Waals surface area contributed by atoms with E-state index in [0.717, 1.165) is 32.2 Å². The van der Waals surface area contributed by atoms with Crippen LogP contribution in [0.15, 0.2) is 0 Å². The number of ether oxygens (including phenoxy) is 1. The Morgan fingerprint density at radius 1 is 1.07 bits per heavy atom. The van der Waals surface area contributed by atoms with E-state index in [2.05, 4.69) is 18.7 Å². The monoisotopic (exact) mass is 209 g/mol. The van der Waals surface area contributed by atoms with Crippen LogP contribution in [0.1, 0.15) is 39.5 Å². The van der Waals surface area contributed by atoms with Gasteiger partial charge in [-0.2, -0.15) is 0 Å². The molecule has 0 aromatic rings. The van der Waals surface area contributed by atoms with Gasteiger partial charge in [0, 0.05) is 18.6 Å². The number of hydrogen-bond acceptors (Lipinski definition) is 2. The van der Waals surface area contributed by atoms with Crippen LogP contribution >= 0.6 is 0 Å². The fraction of sp³-hybridized carbons (Fsp3) is 1.00. The minimum atomic E-state index is 0.529. The van der Waals surface area contributed by atoms with Gasteiger partial charge in [-0.15, -0.1) is 0 Å². The Balaban J connectivity index is 1.88. The van der Waals surface area contributed by atoms with Crippen LogP contribution in [0.25, 0.3) is 0 Å². The zero-order valence-corrected chi connectivity index (χ0v) is 10.1. The molecule has 0 aromatic heterocycles. The van der Waals surface area contributed by atoms with E-state index < -0.39 is 0 Å². The van der Waals surface area contributed by atoms with Gasteiger partial charge in [0.25, 0.3) is 0 Å². The smallest absolute Gasteiger partial charge is 0.0594 e. The van der Waals surface area contributed by atoms with Gasteiger partial charge in [0.2, 0.25) is 0 Å². The quantitative estimate of drug-likeness (QED) is 0.657. The van der Waals surface area contributed by atoms with Crippen molar-refractivity contribution in [2.75, 3.05) is 26.3 Å². The first-order valence-corrected chi connectivity index (χ1v) is 6.50. The maximum atomic E-state index is 5.49. The highest BCUT2D eigenvalue weighted by molar-refractivity contribution is 5.14. The van der Waals surface area contributed by atoms with Crippen LogP contribution in [0.3, 0.4) is 0 Å². The number of hydrogen-bond donors (Lipinski definition) is 0. The Labute approximate surface area is 93.0 Å². The zero-order valence-electron chi connectivity index (χ0n) is 10.1. The molecule has 3 fully saturated rings. The number of morpholine rings is 1. The fourth-order valence-corrected chi connectivity index (χ4v) is 4.56. The molecule has 0 aromatic carbocycles. The predicted molar refractivity (Wildman–Crippen MR) is 60.9 cm³/mol. The van der Waals surface area contributed by atoms with Crippen molar-refractivity contribution in [2.24, 2.45) is 11.3 Å². The molecule has 1 saturated heterocycles. The van der Waals surface area contributed by atoms with E-state index in [9.17, 15) is 0 Å². The van der Waals surface area contributed by atoms with E-state index in [1.54, 1.807) is 0 Å². The summed E-state index contributed by atoms with van der Waals surface area (Å²) in [4.78, 5) is 2.75. The molecule has 86 valence electrons. The molecule has 0 unspecified atom stereocenters. The molecule has 0 spiro atoms. The molecule has 3 aliphatic rings. The van der Waals surface area contributed by atoms with Crippen LogP contribution in [0.2, 0.25) is 0 Å². The van der Waals surface area contributed by atoms with Crippen molar-refractivity contribution in [3.05, 3.63) is 0 Å². The summed E-state index contributed by atoms with van der Waals surface area (Å²) in [5.74, 6) is 0.986. The first kappa shape index (κ1) is 10.1. The maximum Gasteiger partial charge on any atom is 0.0594 e. The van der Waals surface area contributed by atoms with Crippen molar-refractivity contribution in [3.8, 4) is 0 Å². The lowest BCUT2D eigenvalue weighted by molar-refractivity contribution is -0.0533. The van der Waals surface area contributed by atoms with E-state index in [0.29, 0.717) is 11.0 Å². The molecule has 15 heavy (non-hydrogen) atoms. The summed E-state index contributed by atoms with van der Waals surface area (Å²) < 4.78 is 5.49. The van der Waals surface area contributed by atoms with Gasteiger partial charge in [-0.05, 0) is 37.0 Å². The molecule has 1 heterocycles. The van der Waals surface area contributed by atoms with Gasteiger partial charge in [-0.25, -0.2) is 0 Å². The minimum absolute atomic E-state index is 0.529. The molecule has 2 aliphatic carbocycles. The first-order chi connectivity index (χ1) is 7.17. The molecular weight excluding hydrogens is 186 g/mol. The number of rotatable bonds is 1. The lowest BCUT2D eigenvalue weighted by atomic mass is 9.75. The van der Waals surface area contributed by atoms with Crippen LogP contribution in [0, 0.1) is 11.3 Å². The van der Waals surface area contributed by atoms with Gasteiger partial charge in [0.05, 0.1) is 13.2 Å². The van der Waals surface area contributed by atoms with Crippen molar-refractivity contribution in [1.82, 2.24) is 4.90 Å². The van der Waals surface area contributed by atoms with Crippen LogP contribution in [-0.4, -0.2) is 36.7 Å². The molecular formula is C13H23NO. The Hall–Kier alpha value is -0.0800. The second kappa shape index (κ2) is 3.21. The lowest BCUT2D eigenvalue weighted by Gasteiger charge is -2.49. The van der Waals surface area contributed by atoms with Gasteiger partial charge in [-0.3, -0.25) is 4.90 Å².